The smallest absolute Gasteiger partial charge is 0.222 e. The number of aliphatic hydroxyl groups is 1. The lowest BCUT2D eigenvalue weighted by atomic mass is 10.00. The van der Waals surface area contributed by atoms with Crippen molar-refractivity contribution >= 4 is 5.91 Å². The second kappa shape index (κ2) is 8.55. The minimum Gasteiger partial charge on any atom is -0.386 e. The molecule has 1 amide bonds. The molecule has 0 aliphatic heterocycles. The molecule has 2 aromatic carbocycles. The Morgan fingerprint density at radius 1 is 1.17 bits per heavy atom. The van der Waals surface area contributed by atoms with Crippen LogP contribution in [0.3, 0.4) is 0 Å². The van der Waals surface area contributed by atoms with Gasteiger partial charge in [0.05, 0.1) is 6.10 Å². The molecular weight excluding hydrogens is 312 g/mol. The third kappa shape index (κ3) is 5.13. The fraction of sp³-hybridized carbons (Fsp3) is 0.316. The van der Waals surface area contributed by atoms with Gasteiger partial charge in [-0.3, -0.25) is 4.79 Å². The average molecular weight is 333 g/mol. The molecule has 0 saturated carbocycles. The Morgan fingerprint density at radius 2 is 1.92 bits per heavy atom. The number of amides is 1. The van der Waals surface area contributed by atoms with Gasteiger partial charge in [-0.25, -0.2) is 8.78 Å². The van der Waals surface area contributed by atoms with E-state index in [1.54, 1.807) is 25.1 Å². The Kier molecular flexibility index (Phi) is 6.44. The molecule has 2 unspecified atom stereocenters. The predicted octanol–water partition coefficient (Wildman–Crippen LogP) is 3.38. The minimum absolute atomic E-state index is 0.0515. The average Bonchev–Trinajstić information content (AvgIpc) is 2.57. The molecule has 24 heavy (non-hydrogen) atoms. The summed E-state index contributed by atoms with van der Waals surface area (Å²) in [5.41, 5.74) is 0.992. The molecule has 0 aromatic heterocycles. The minimum atomic E-state index is -1.09. The molecule has 128 valence electrons. The molecule has 2 aromatic rings. The van der Waals surface area contributed by atoms with Crippen molar-refractivity contribution in [2.75, 3.05) is 6.54 Å². The Balaban J connectivity index is 1.80. The molecule has 2 N–H and O–H groups in total. The van der Waals surface area contributed by atoms with Crippen LogP contribution in [-0.4, -0.2) is 17.6 Å². The SMILES string of the molecule is CC(CCc1cccc(F)c1)C(=O)NCC(O)c1ccccc1F. The summed E-state index contributed by atoms with van der Waals surface area (Å²) in [5.74, 6) is -1.31. The van der Waals surface area contributed by atoms with Crippen LogP contribution in [0.5, 0.6) is 0 Å². The molecular formula is C19H21F2NO2. The van der Waals surface area contributed by atoms with Crippen LogP contribution in [0.1, 0.15) is 30.6 Å². The van der Waals surface area contributed by atoms with E-state index in [1.165, 1.54) is 24.3 Å². The quantitative estimate of drug-likeness (QED) is 0.816. The zero-order chi connectivity index (χ0) is 17.5. The summed E-state index contributed by atoms with van der Waals surface area (Å²) in [4.78, 5) is 12.1. The Bertz CT molecular complexity index is 691. The van der Waals surface area contributed by atoms with E-state index < -0.39 is 11.9 Å². The molecule has 0 spiro atoms. The third-order valence-corrected chi connectivity index (χ3v) is 3.94. The zero-order valence-corrected chi connectivity index (χ0v) is 13.5. The van der Waals surface area contributed by atoms with Crippen LogP contribution in [-0.2, 0) is 11.2 Å². The lowest BCUT2D eigenvalue weighted by Gasteiger charge is -2.16. The van der Waals surface area contributed by atoms with Crippen LogP contribution in [0, 0.1) is 17.6 Å². The van der Waals surface area contributed by atoms with Gasteiger partial charge in [0.2, 0.25) is 5.91 Å². The molecule has 3 nitrogen and oxygen atoms in total. The molecule has 2 atom stereocenters. The summed E-state index contributed by atoms with van der Waals surface area (Å²) < 4.78 is 26.7. The van der Waals surface area contributed by atoms with E-state index >= 15 is 0 Å². The van der Waals surface area contributed by atoms with E-state index in [1.807, 2.05) is 6.07 Å². The Labute approximate surface area is 140 Å². The maximum atomic E-state index is 13.6. The van der Waals surface area contributed by atoms with E-state index in [-0.39, 0.29) is 29.8 Å². The fourth-order valence-corrected chi connectivity index (χ4v) is 2.43. The number of halogens is 2. The van der Waals surface area contributed by atoms with Crippen molar-refractivity contribution in [3.63, 3.8) is 0 Å². The molecule has 5 heteroatoms. The van der Waals surface area contributed by atoms with Gasteiger partial charge in [0.25, 0.3) is 0 Å². The summed E-state index contributed by atoms with van der Waals surface area (Å²) in [5, 5.41) is 12.6. The topological polar surface area (TPSA) is 49.3 Å². The number of nitrogens with one attached hydrogen (secondary N) is 1. The van der Waals surface area contributed by atoms with E-state index in [9.17, 15) is 18.7 Å². The number of hydrogen-bond donors (Lipinski definition) is 2. The second-order valence-corrected chi connectivity index (χ2v) is 5.85. The maximum absolute atomic E-state index is 13.6. The van der Waals surface area contributed by atoms with Gasteiger partial charge in [-0.05, 0) is 36.6 Å². The van der Waals surface area contributed by atoms with Crippen molar-refractivity contribution in [1.29, 1.82) is 0 Å². The lowest BCUT2D eigenvalue weighted by Crippen LogP contribution is -2.33. The summed E-state index contributed by atoms with van der Waals surface area (Å²) in [7, 11) is 0. The lowest BCUT2D eigenvalue weighted by molar-refractivity contribution is -0.125. The van der Waals surface area contributed by atoms with E-state index in [0.29, 0.717) is 12.8 Å². The zero-order valence-electron chi connectivity index (χ0n) is 13.5. The molecule has 0 fully saturated rings. The monoisotopic (exact) mass is 333 g/mol. The van der Waals surface area contributed by atoms with Gasteiger partial charge < -0.3 is 10.4 Å². The first kappa shape index (κ1) is 18.1. The normalized spacial score (nSPS) is 13.3. The molecule has 0 aliphatic rings. The van der Waals surface area contributed by atoms with Gasteiger partial charge in [0.1, 0.15) is 11.6 Å². The second-order valence-electron chi connectivity index (χ2n) is 5.85. The van der Waals surface area contributed by atoms with Crippen LogP contribution >= 0.6 is 0 Å². The first-order valence-corrected chi connectivity index (χ1v) is 7.92. The maximum Gasteiger partial charge on any atom is 0.222 e. The van der Waals surface area contributed by atoms with Gasteiger partial charge in [-0.15, -0.1) is 0 Å². The largest absolute Gasteiger partial charge is 0.386 e. The highest BCUT2D eigenvalue weighted by Gasteiger charge is 2.17. The predicted molar refractivity (Wildman–Crippen MR) is 88.3 cm³/mol. The number of carbonyl (C=O) groups is 1. The molecule has 0 saturated heterocycles. The highest BCUT2D eigenvalue weighted by Crippen LogP contribution is 2.16. The van der Waals surface area contributed by atoms with Crippen molar-refractivity contribution in [2.45, 2.75) is 25.9 Å². The van der Waals surface area contributed by atoms with Gasteiger partial charge in [0.15, 0.2) is 0 Å². The highest BCUT2D eigenvalue weighted by molar-refractivity contribution is 5.78. The standard InChI is InChI=1S/C19H21F2NO2/c1-13(9-10-14-5-4-6-15(20)11-14)19(24)22-12-18(23)16-7-2-3-8-17(16)21/h2-8,11,13,18,23H,9-10,12H2,1H3,(H,22,24). The first-order valence-electron chi connectivity index (χ1n) is 7.92. The summed E-state index contributed by atoms with van der Waals surface area (Å²) in [6, 6.07) is 12.2. The number of aryl methyl sites for hydroxylation is 1. The summed E-state index contributed by atoms with van der Waals surface area (Å²) in [6.07, 6.45) is 0.0541. The first-order chi connectivity index (χ1) is 11.5. The fourth-order valence-electron chi connectivity index (χ4n) is 2.43. The van der Waals surface area contributed by atoms with E-state index in [4.69, 9.17) is 0 Å². The molecule has 0 heterocycles. The third-order valence-electron chi connectivity index (χ3n) is 3.94. The van der Waals surface area contributed by atoms with Crippen LogP contribution in [0.25, 0.3) is 0 Å². The van der Waals surface area contributed by atoms with Crippen molar-refractivity contribution in [1.82, 2.24) is 5.32 Å². The molecule has 2 rings (SSSR count). The van der Waals surface area contributed by atoms with Gasteiger partial charge >= 0.3 is 0 Å². The van der Waals surface area contributed by atoms with Crippen molar-refractivity contribution in [3.8, 4) is 0 Å². The summed E-state index contributed by atoms with van der Waals surface area (Å²) >= 11 is 0. The molecule has 0 aliphatic carbocycles. The number of benzene rings is 2. The number of carbonyl (C=O) groups excluding carboxylic acids is 1. The van der Waals surface area contributed by atoms with E-state index in [2.05, 4.69) is 5.32 Å². The van der Waals surface area contributed by atoms with Crippen LogP contribution in [0.15, 0.2) is 48.5 Å². The number of rotatable bonds is 7. The van der Waals surface area contributed by atoms with Crippen molar-refractivity contribution < 1.29 is 18.7 Å². The van der Waals surface area contributed by atoms with Crippen molar-refractivity contribution in [2.24, 2.45) is 5.92 Å². The van der Waals surface area contributed by atoms with Crippen LogP contribution < -0.4 is 5.32 Å². The Morgan fingerprint density at radius 3 is 2.62 bits per heavy atom. The van der Waals surface area contributed by atoms with Gasteiger partial charge in [-0.2, -0.15) is 0 Å². The summed E-state index contributed by atoms with van der Waals surface area (Å²) in [6.45, 7) is 1.72. The number of aliphatic hydroxyl groups excluding tert-OH is 1. The highest BCUT2D eigenvalue weighted by atomic mass is 19.1. The van der Waals surface area contributed by atoms with Crippen LogP contribution in [0.2, 0.25) is 0 Å². The van der Waals surface area contributed by atoms with E-state index in [0.717, 1.165) is 5.56 Å². The molecule has 0 radical (unpaired) electrons. The van der Waals surface area contributed by atoms with Crippen LogP contribution in [0.4, 0.5) is 8.78 Å². The molecule has 0 bridgehead atoms. The van der Waals surface area contributed by atoms with Gasteiger partial charge in [0, 0.05) is 18.0 Å². The van der Waals surface area contributed by atoms with Gasteiger partial charge in [-0.1, -0.05) is 37.3 Å². The number of hydrogen-bond acceptors (Lipinski definition) is 2. The Hall–Kier alpha value is -2.27. The van der Waals surface area contributed by atoms with Crippen molar-refractivity contribution in [3.05, 3.63) is 71.3 Å².